The van der Waals surface area contributed by atoms with Crippen molar-refractivity contribution in [3.8, 4) is 5.75 Å². The number of ether oxygens (including phenoxy) is 1. The first-order chi connectivity index (χ1) is 8.38. The van der Waals surface area contributed by atoms with E-state index in [4.69, 9.17) is 4.74 Å². The predicted octanol–water partition coefficient (Wildman–Crippen LogP) is 4.03. The lowest BCUT2D eigenvalue weighted by Crippen LogP contribution is -2.05. The molecule has 0 saturated carbocycles. The zero-order valence-corrected chi connectivity index (χ0v) is 11.7. The van der Waals surface area contributed by atoms with Crippen LogP contribution >= 0.6 is 11.8 Å². The monoisotopic (exact) mass is 253 g/mol. The van der Waals surface area contributed by atoms with E-state index in [1.807, 2.05) is 30.0 Å². The molecule has 1 N–H and O–H groups in total. The van der Waals surface area contributed by atoms with Crippen molar-refractivity contribution in [1.29, 1.82) is 0 Å². The first-order valence-corrected chi connectivity index (χ1v) is 7.72. The van der Waals surface area contributed by atoms with Crippen molar-refractivity contribution in [2.75, 3.05) is 30.5 Å². The fourth-order valence-electron chi connectivity index (χ4n) is 1.55. The molecule has 0 unspecified atom stereocenters. The molecule has 0 aliphatic rings. The fourth-order valence-corrected chi connectivity index (χ4v) is 2.04. The van der Waals surface area contributed by atoms with Gasteiger partial charge in [-0.25, -0.2) is 0 Å². The minimum atomic E-state index is 0.783. The SMILES string of the molecule is CCCOc1ccccc1NCCCCSC. The maximum absolute atomic E-state index is 5.70. The van der Waals surface area contributed by atoms with Gasteiger partial charge >= 0.3 is 0 Å². The number of hydrogen-bond acceptors (Lipinski definition) is 3. The lowest BCUT2D eigenvalue weighted by atomic mass is 10.2. The molecule has 0 atom stereocenters. The van der Waals surface area contributed by atoms with Crippen LogP contribution in [0.25, 0.3) is 0 Å². The molecule has 0 heterocycles. The van der Waals surface area contributed by atoms with Gasteiger partial charge in [-0.1, -0.05) is 19.1 Å². The Morgan fingerprint density at radius 3 is 2.82 bits per heavy atom. The van der Waals surface area contributed by atoms with Crippen LogP contribution in [0.15, 0.2) is 24.3 Å². The summed E-state index contributed by atoms with van der Waals surface area (Å²) >= 11 is 1.91. The van der Waals surface area contributed by atoms with Gasteiger partial charge in [-0.3, -0.25) is 0 Å². The van der Waals surface area contributed by atoms with Gasteiger partial charge in [0.05, 0.1) is 12.3 Å². The highest BCUT2D eigenvalue weighted by atomic mass is 32.2. The molecule has 3 heteroatoms. The van der Waals surface area contributed by atoms with E-state index < -0.39 is 0 Å². The number of benzene rings is 1. The third-order valence-corrected chi connectivity index (χ3v) is 3.14. The number of unbranched alkanes of at least 4 members (excludes halogenated alkanes) is 1. The van der Waals surface area contributed by atoms with Crippen LogP contribution in [-0.2, 0) is 0 Å². The second-order valence-corrected chi connectivity index (χ2v) is 4.96. The minimum Gasteiger partial charge on any atom is -0.491 e. The molecule has 0 saturated heterocycles. The van der Waals surface area contributed by atoms with Gasteiger partial charge in [-0.2, -0.15) is 11.8 Å². The Balaban J connectivity index is 2.35. The summed E-state index contributed by atoms with van der Waals surface area (Å²) in [6, 6.07) is 8.17. The first kappa shape index (κ1) is 14.2. The average molecular weight is 253 g/mol. The number of rotatable bonds is 9. The van der Waals surface area contributed by atoms with Gasteiger partial charge in [-0.15, -0.1) is 0 Å². The normalized spacial score (nSPS) is 10.2. The van der Waals surface area contributed by atoms with Crippen molar-refractivity contribution >= 4 is 17.4 Å². The molecule has 17 heavy (non-hydrogen) atoms. The lowest BCUT2D eigenvalue weighted by Gasteiger charge is -2.12. The standard InChI is InChI=1S/C14H23NOS/c1-3-11-16-14-9-5-4-8-13(14)15-10-6-7-12-17-2/h4-5,8-9,15H,3,6-7,10-12H2,1-2H3. The second-order valence-electron chi connectivity index (χ2n) is 3.97. The molecule has 96 valence electrons. The van der Waals surface area contributed by atoms with Gasteiger partial charge in [0.1, 0.15) is 5.75 Å². The minimum absolute atomic E-state index is 0.783. The van der Waals surface area contributed by atoms with E-state index in [0.717, 1.165) is 31.0 Å². The molecule has 2 nitrogen and oxygen atoms in total. The highest BCUT2D eigenvalue weighted by molar-refractivity contribution is 7.98. The van der Waals surface area contributed by atoms with Crippen LogP contribution in [0.4, 0.5) is 5.69 Å². The Kier molecular flexibility index (Phi) is 7.72. The zero-order valence-electron chi connectivity index (χ0n) is 10.9. The summed E-state index contributed by atoms with van der Waals surface area (Å²) in [4.78, 5) is 0. The maximum atomic E-state index is 5.70. The fraction of sp³-hybridized carbons (Fsp3) is 0.571. The van der Waals surface area contributed by atoms with Crippen LogP contribution in [0.3, 0.4) is 0 Å². The van der Waals surface area contributed by atoms with Crippen molar-refractivity contribution in [3.63, 3.8) is 0 Å². The van der Waals surface area contributed by atoms with Gasteiger partial charge in [0.2, 0.25) is 0 Å². The average Bonchev–Trinajstić information content (AvgIpc) is 2.37. The molecule has 1 aromatic rings. The lowest BCUT2D eigenvalue weighted by molar-refractivity contribution is 0.319. The summed E-state index contributed by atoms with van der Waals surface area (Å²) in [5, 5.41) is 3.45. The van der Waals surface area contributed by atoms with E-state index in [9.17, 15) is 0 Å². The topological polar surface area (TPSA) is 21.3 Å². The molecule has 1 rings (SSSR count). The van der Waals surface area contributed by atoms with Gasteiger partial charge in [0.15, 0.2) is 0 Å². The quantitative estimate of drug-likeness (QED) is 0.671. The van der Waals surface area contributed by atoms with Crippen molar-refractivity contribution in [2.45, 2.75) is 26.2 Å². The van der Waals surface area contributed by atoms with Gasteiger partial charge in [0, 0.05) is 6.54 Å². The van der Waals surface area contributed by atoms with Crippen LogP contribution in [0.1, 0.15) is 26.2 Å². The van der Waals surface area contributed by atoms with E-state index in [0.29, 0.717) is 0 Å². The summed E-state index contributed by atoms with van der Waals surface area (Å²) in [7, 11) is 0. The van der Waals surface area contributed by atoms with E-state index in [1.54, 1.807) is 0 Å². The molecular formula is C14H23NOS. The summed E-state index contributed by atoms with van der Waals surface area (Å²) < 4.78 is 5.70. The van der Waals surface area contributed by atoms with Gasteiger partial charge < -0.3 is 10.1 Å². The van der Waals surface area contributed by atoms with E-state index in [2.05, 4.69) is 24.6 Å². The summed E-state index contributed by atoms with van der Waals surface area (Å²) in [6.07, 6.45) is 5.68. The van der Waals surface area contributed by atoms with E-state index in [-0.39, 0.29) is 0 Å². The molecule has 0 radical (unpaired) electrons. The molecule has 0 spiro atoms. The molecule has 0 aliphatic heterocycles. The Morgan fingerprint density at radius 2 is 2.06 bits per heavy atom. The van der Waals surface area contributed by atoms with Crippen molar-refractivity contribution in [2.24, 2.45) is 0 Å². The number of thioether (sulfide) groups is 1. The summed E-state index contributed by atoms with van der Waals surface area (Å²) in [5.41, 5.74) is 1.12. The third-order valence-electron chi connectivity index (χ3n) is 2.44. The molecule has 0 amide bonds. The molecular weight excluding hydrogens is 230 g/mol. The number of para-hydroxylation sites is 2. The molecule has 0 aromatic heterocycles. The smallest absolute Gasteiger partial charge is 0.142 e. The largest absolute Gasteiger partial charge is 0.491 e. The summed E-state index contributed by atoms with van der Waals surface area (Å²) in [6.45, 7) is 3.93. The highest BCUT2D eigenvalue weighted by Gasteiger charge is 2.01. The Morgan fingerprint density at radius 1 is 1.24 bits per heavy atom. The second kappa shape index (κ2) is 9.23. The van der Waals surface area contributed by atoms with Crippen molar-refractivity contribution < 1.29 is 4.74 Å². The van der Waals surface area contributed by atoms with Gasteiger partial charge in [-0.05, 0) is 43.4 Å². The van der Waals surface area contributed by atoms with Crippen LogP contribution in [0.5, 0.6) is 5.75 Å². The Hall–Kier alpha value is -0.830. The van der Waals surface area contributed by atoms with Crippen LogP contribution < -0.4 is 10.1 Å². The van der Waals surface area contributed by atoms with Crippen molar-refractivity contribution in [3.05, 3.63) is 24.3 Å². The summed E-state index contributed by atoms with van der Waals surface area (Å²) in [5.74, 6) is 2.22. The van der Waals surface area contributed by atoms with Crippen LogP contribution in [0, 0.1) is 0 Å². The molecule has 0 fully saturated rings. The molecule has 0 aliphatic carbocycles. The van der Waals surface area contributed by atoms with E-state index >= 15 is 0 Å². The molecule has 1 aromatic carbocycles. The third kappa shape index (κ3) is 5.87. The number of hydrogen-bond donors (Lipinski definition) is 1. The number of anilines is 1. The van der Waals surface area contributed by atoms with Crippen LogP contribution in [-0.4, -0.2) is 25.2 Å². The van der Waals surface area contributed by atoms with Gasteiger partial charge in [0.25, 0.3) is 0 Å². The maximum Gasteiger partial charge on any atom is 0.142 e. The highest BCUT2D eigenvalue weighted by Crippen LogP contribution is 2.23. The van der Waals surface area contributed by atoms with E-state index in [1.165, 1.54) is 18.6 Å². The van der Waals surface area contributed by atoms with Crippen molar-refractivity contribution in [1.82, 2.24) is 0 Å². The first-order valence-electron chi connectivity index (χ1n) is 6.33. The Labute approximate surface area is 109 Å². The van der Waals surface area contributed by atoms with Crippen LogP contribution in [0.2, 0.25) is 0 Å². The molecule has 0 bridgehead atoms. The predicted molar refractivity (Wildman–Crippen MR) is 78.3 cm³/mol. The zero-order chi connectivity index (χ0) is 12.3. The Bertz CT molecular complexity index is 304. The number of nitrogens with one attached hydrogen (secondary N) is 1.